The minimum Gasteiger partial charge on any atom is -0.351 e. The maximum Gasteiger partial charge on any atom is 0.240 e. The highest BCUT2D eigenvalue weighted by molar-refractivity contribution is 7.91. The third-order valence-electron chi connectivity index (χ3n) is 7.64. The molecule has 1 unspecified atom stereocenters. The number of rotatable bonds is 6. The number of piperidine rings is 1. The van der Waals surface area contributed by atoms with Crippen LogP contribution in [-0.2, 0) is 27.7 Å². The van der Waals surface area contributed by atoms with Gasteiger partial charge in [0.2, 0.25) is 5.91 Å². The number of benzene rings is 2. The lowest BCUT2D eigenvalue weighted by atomic mass is 9.89. The van der Waals surface area contributed by atoms with Crippen LogP contribution >= 0.6 is 24.0 Å². The van der Waals surface area contributed by atoms with E-state index in [0.29, 0.717) is 17.0 Å². The molecule has 2 saturated heterocycles. The number of nitrogens with zero attached hydrogens (tertiary/aromatic N) is 2. The number of fused-ring (bicyclic) bond motifs is 1. The number of sulfone groups is 1. The van der Waals surface area contributed by atoms with Crippen molar-refractivity contribution < 1.29 is 17.6 Å². The van der Waals surface area contributed by atoms with Crippen LogP contribution in [0.15, 0.2) is 42.5 Å². The SMILES string of the molecule is Cc1c(CN2CCC(c3c(F)cccc3Cl)CC2)c2ccccc2n1CC(=O)NC1CCS(=O)(=O)C1.Cl. The van der Waals surface area contributed by atoms with Crippen LogP contribution in [0, 0.1) is 12.7 Å². The summed E-state index contributed by atoms with van der Waals surface area (Å²) in [6.07, 6.45) is 2.15. The Balaban J connectivity index is 0.00000320. The molecule has 10 heteroatoms. The summed E-state index contributed by atoms with van der Waals surface area (Å²) in [5, 5.41) is 4.52. The number of nitrogens with one attached hydrogen (secondary N) is 1. The molecule has 2 aliphatic rings. The Bertz CT molecular complexity index is 1380. The second-order valence-corrected chi connectivity index (χ2v) is 12.7. The molecule has 0 aliphatic carbocycles. The summed E-state index contributed by atoms with van der Waals surface area (Å²) in [5.41, 5.74) is 3.84. The van der Waals surface area contributed by atoms with Crippen LogP contribution in [-0.4, -0.2) is 54.4 Å². The number of likely N-dealkylation sites (tertiary alicyclic amines) is 1. The molecule has 3 aromatic rings. The molecule has 1 N–H and O–H groups in total. The summed E-state index contributed by atoms with van der Waals surface area (Å²) in [4.78, 5) is 15.2. The predicted molar refractivity (Wildman–Crippen MR) is 148 cm³/mol. The summed E-state index contributed by atoms with van der Waals surface area (Å²) < 4.78 is 39.9. The van der Waals surface area contributed by atoms with Crippen LogP contribution in [0.1, 0.15) is 42.0 Å². The van der Waals surface area contributed by atoms with Gasteiger partial charge in [-0.3, -0.25) is 9.69 Å². The van der Waals surface area contributed by atoms with E-state index in [1.807, 2.05) is 29.7 Å². The van der Waals surface area contributed by atoms with Crippen molar-refractivity contribution in [2.24, 2.45) is 0 Å². The van der Waals surface area contributed by atoms with E-state index >= 15 is 0 Å². The van der Waals surface area contributed by atoms with Crippen molar-refractivity contribution in [2.75, 3.05) is 24.6 Å². The summed E-state index contributed by atoms with van der Waals surface area (Å²) in [5.74, 6) is -0.138. The van der Waals surface area contributed by atoms with E-state index in [0.717, 1.165) is 49.1 Å². The lowest BCUT2D eigenvalue weighted by molar-refractivity contribution is -0.122. The summed E-state index contributed by atoms with van der Waals surface area (Å²) in [6.45, 7) is 4.61. The van der Waals surface area contributed by atoms with E-state index in [9.17, 15) is 17.6 Å². The third kappa shape index (κ3) is 5.98. The largest absolute Gasteiger partial charge is 0.351 e. The van der Waals surface area contributed by atoms with Crippen LogP contribution < -0.4 is 5.32 Å². The molecule has 0 spiro atoms. The van der Waals surface area contributed by atoms with E-state index < -0.39 is 9.84 Å². The molecule has 1 aromatic heterocycles. The normalized spacial score (nSPS) is 20.1. The van der Waals surface area contributed by atoms with Crippen LogP contribution in [0.3, 0.4) is 0 Å². The van der Waals surface area contributed by atoms with Crippen LogP contribution in [0.2, 0.25) is 5.02 Å². The average Bonchev–Trinajstić information content (AvgIpc) is 3.31. The first-order valence-electron chi connectivity index (χ1n) is 12.4. The molecular weight excluding hydrogens is 536 g/mol. The van der Waals surface area contributed by atoms with Crippen LogP contribution in [0.25, 0.3) is 10.9 Å². The first kappa shape index (κ1) is 27.9. The Morgan fingerprint density at radius 1 is 1.11 bits per heavy atom. The summed E-state index contributed by atoms with van der Waals surface area (Å²) in [6, 6.07) is 12.6. The number of aromatic nitrogens is 1. The second-order valence-electron chi connectivity index (χ2n) is 10.0. The van der Waals surface area contributed by atoms with Gasteiger partial charge >= 0.3 is 0 Å². The minimum absolute atomic E-state index is 0. The molecule has 3 heterocycles. The smallest absolute Gasteiger partial charge is 0.240 e. The van der Waals surface area contributed by atoms with Crippen molar-refractivity contribution in [2.45, 2.75) is 51.2 Å². The molecule has 2 aromatic carbocycles. The Labute approximate surface area is 228 Å². The molecule has 6 nitrogen and oxygen atoms in total. The van der Waals surface area contributed by atoms with E-state index in [4.69, 9.17) is 11.6 Å². The highest BCUT2D eigenvalue weighted by Crippen LogP contribution is 2.36. The molecule has 1 atom stereocenters. The summed E-state index contributed by atoms with van der Waals surface area (Å²) in [7, 11) is -3.05. The fraction of sp³-hybridized carbons (Fsp3) is 0.444. The zero-order chi connectivity index (χ0) is 25.4. The number of para-hydroxylation sites is 1. The molecule has 1 amide bonds. The molecule has 200 valence electrons. The molecule has 2 fully saturated rings. The minimum atomic E-state index is -3.05. The highest BCUT2D eigenvalue weighted by Gasteiger charge is 2.30. The molecule has 37 heavy (non-hydrogen) atoms. The Morgan fingerprint density at radius 3 is 2.51 bits per heavy atom. The topological polar surface area (TPSA) is 71.4 Å². The van der Waals surface area contributed by atoms with Crippen LogP contribution in [0.4, 0.5) is 4.39 Å². The van der Waals surface area contributed by atoms with Crippen molar-refractivity contribution in [3.63, 3.8) is 0 Å². The van der Waals surface area contributed by atoms with Crippen molar-refractivity contribution in [3.8, 4) is 0 Å². The molecule has 5 rings (SSSR count). The van der Waals surface area contributed by atoms with Gasteiger partial charge in [0.1, 0.15) is 12.4 Å². The monoisotopic (exact) mass is 567 g/mol. The first-order valence-corrected chi connectivity index (χ1v) is 14.6. The highest BCUT2D eigenvalue weighted by atomic mass is 35.5. The van der Waals surface area contributed by atoms with E-state index in [-0.39, 0.29) is 54.1 Å². The molecule has 0 bridgehead atoms. The van der Waals surface area contributed by atoms with Gasteiger partial charge in [-0.05, 0) is 69.0 Å². The number of amides is 1. The molecule has 0 saturated carbocycles. The number of carbonyl (C=O) groups is 1. The lowest BCUT2D eigenvalue weighted by Crippen LogP contribution is -2.37. The fourth-order valence-electron chi connectivity index (χ4n) is 5.74. The maximum atomic E-state index is 14.4. The van der Waals surface area contributed by atoms with Crippen molar-refractivity contribution in [1.29, 1.82) is 0 Å². The predicted octanol–water partition coefficient (Wildman–Crippen LogP) is 4.85. The van der Waals surface area contributed by atoms with E-state index in [1.54, 1.807) is 12.1 Å². The van der Waals surface area contributed by atoms with E-state index in [2.05, 4.69) is 16.3 Å². The Kier molecular flexibility index (Phi) is 8.53. The average molecular weight is 569 g/mol. The van der Waals surface area contributed by atoms with Gasteiger partial charge in [-0.25, -0.2) is 12.8 Å². The fourth-order valence-corrected chi connectivity index (χ4v) is 7.73. The standard InChI is InChI=1S/C27H31ClFN3O3S.ClH/c1-18-22(15-31-12-9-19(10-13-31)27-23(28)6-4-7-24(27)29)21-5-2-3-8-25(21)32(18)16-26(33)30-20-11-14-36(34,35)17-20;/h2-8,19-20H,9-17H2,1H3,(H,30,33);1H. The van der Waals surface area contributed by atoms with Gasteiger partial charge in [-0.1, -0.05) is 35.9 Å². The van der Waals surface area contributed by atoms with Gasteiger partial charge in [0.05, 0.1) is 11.5 Å². The quantitative estimate of drug-likeness (QED) is 0.462. The number of carbonyl (C=O) groups excluding carboxylic acids is 1. The lowest BCUT2D eigenvalue weighted by Gasteiger charge is -2.32. The second kappa shape index (κ2) is 11.3. The van der Waals surface area contributed by atoms with Crippen LogP contribution in [0.5, 0.6) is 0 Å². The molecular formula is C27H32Cl2FN3O3S. The summed E-state index contributed by atoms with van der Waals surface area (Å²) >= 11 is 6.31. The van der Waals surface area contributed by atoms with E-state index in [1.165, 1.54) is 11.6 Å². The first-order chi connectivity index (χ1) is 17.2. The zero-order valence-electron chi connectivity index (χ0n) is 20.8. The zero-order valence-corrected chi connectivity index (χ0v) is 23.1. The van der Waals surface area contributed by atoms with Gasteiger partial charge < -0.3 is 9.88 Å². The number of halogens is 3. The van der Waals surface area contributed by atoms with Gasteiger partial charge in [0.25, 0.3) is 0 Å². The van der Waals surface area contributed by atoms with Gasteiger partial charge in [0.15, 0.2) is 9.84 Å². The van der Waals surface area contributed by atoms with Crippen molar-refractivity contribution in [3.05, 3.63) is 70.1 Å². The van der Waals surface area contributed by atoms with Gasteiger partial charge in [-0.2, -0.15) is 0 Å². The third-order valence-corrected chi connectivity index (χ3v) is 9.74. The molecule has 2 aliphatic heterocycles. The number of hydrogen-bond acceptors (Lipinski definition) is 4. The van der Waals surface area contributed by atoms with Gasteiger partial charge in [0, 0.05) is 39.8 Å². The van der Waals surface area contributed by atoms with Gasteiger partial charge in [-0.15, -0.1) is 12.4 Å². The Morgan fingerprint density at radius 2 is 1.84 bits per heavy atom. The number of hydrogen-bond donors (Lipinski definition) is 1. The molecule has 0 radical (unpaired) electrons. The Hall–Kier alpha value is -2.13. The van der Waals surface area contributed by atoms with Crippen molar-refractivity contribution >= 4 is 50.7 Å². The van der Waals surface area contributed by atoms with Crippen molar-refractivity contribution in [1.82, 2.24) is 14.8 Å². The maximum absolute atomic E-state index is 14.4.